The van der Waals surface area contributed by atoms with Crippen molar-refractivity contribution in [2.24, 2.45) is 7.05 Å². The first kappa shape index (κ1) is 17.8. The molecular formula is C17H15F3N4O2S. The van der Waals surface area contributed by atoms with E-state index in [1.807, 2.05) is 0 Å². The van der Waals surface area contributed by atoms with Crippen molar-refractivity contribution in [3.05, 3.63) is 39.8 Å². The van der Waals surface area contributed by atoms with Crippen LogP contribution in [0.3, 0.4) is 0 Å². The van der Waals surface area contributed by atoms with Crippen LogP contribution in [0.15, 0.2) is 28.5 Å². The number of hydrogen-bond donors (Lipinski definition) is 0. The summed E-state index contributed by atoms with van der Waals surface area (Å²) >= 11 is 1.16. The van der Waals surface area contributed by atoms with Gasteiger partial charge in [-0.2, -0.15) is 0 Å². The molecule has 1 amide bonds. The summed E-state index contributed by atoms with van der Waals surface area (Å²) in [7, 11) is 1.54. The number of aryl methyl sites for hydroxylation is 1. The zero-order chi connectivity index (χ0) is 19.3. The summed E-state index contributed by atoms with van der Waals surface area (Å²) in [5.41, 5.74) is 0.903. The van der Waals surface area contributed by atoms with Crippen LogP contribution in [0.25, 0.3) is 21.6 Å². The van der Waals surface area contributed by atoms with Gasteiger partial charge in [0, 0.05) is 34.6 Å². The van der Waals surface area contributed by atoms with Crippen molar-refractivity contribution in [3.8, 4) is 10.4 Å². The first-order chi connectivity index (χ1) is 12.8. The summed E-state index contributed by atoms with van der Waals surface area (Å²) in [4.78, 5) is 31.0. The number of carbonyl (C=O) groups is 1. The van der Waals surface area contributed by atoms with Crippen LogP contribution >= 0.6 is 11.3 Å². The van der Waals surface area contributed by atoms with Gasteiger partial charge >= 0.3 is 5.69 Å². The third kappa shape index (κ3) is 3.03. The monoisotopic (exact) mass is 396 g/mol. The summed E-state index contributed by atoms with van der Waals surface area (Å²) in [6, 6.07) is 3.04. The molecule has 0 atom stereocenters. The van der Waals surface area contributed by atoms with Gasteiger partial charge in [0.15, 0.2) is 5.65 Å². The van der Waals surface area contributed by atoms with Crippen molar-refractivity contribution < 1.29 is 18.0 Å². The normalized spacial score (nSPS) is 14.9. The number of alkyl halides is 3. The lowest BCUT2D eigenvalue weighted by atomic mass is 10.2. The van der Waals surface area contributed by atoms with Crippen molar-refractivity contribution in [1.29, 1.82) is 0 Å². The minimum absolute atomic E-state index is 0.0352. The molecule has 3 aromatic heterocycles. The van der Waals surface area contributed by atoms with Gasteiger partial charge in [0.05, 0.1) is 18.6 Å². The van der Waals surface area contributed by atoms with Gasteiger partial charge in [0.25, 0.3) is 6.43 Å². The largest absolute Gasteiger partial charge is 0.335 e. The minimum atomic E-state index is -2.56. The van der Waals surface area contributed by atoms with Crippen LogP contribution < -0.4 is 5.69 Å². The predicted octanol–water partition coefficient (Wildman–Crippen LogP) is 2.58. The zero-order valence-corrected chi connectivity index (χ0v) is 15.0. The van der Waals surface area contributed by atoms with Gasteiger partial charge in [-0.1, -0.05) is 0 Å². The molecular weight excluding hydrogens is 381 g/mol. The Bertz CT molecular complexity index is 1080. The molecule has 10 heteroatoms. The quantitative estimate of drug-likeness (QED) is 0.681. The molecule has 0 saturated carbocycles. The molecule has 1 aliphatic rings. The SMILES string of the molecule is Cn1c(=O)n(CC(=O)N2CC(F)C2)c2cc(-c3cc(C(F)F)cs3)cnc21. The first-order valence-corrected chi connectivity index (χ1v) is 9.07. The van der Waals surface area contributed by atoms with Crippen LogP contribution in [0, 0.1) is 0 Å². The van der Waals surface area contributed by atoms with E-state index in [-0.39, 0.29) is 31.1 Å². The Morgan fingerprint density at radius 3 is 2.74 bits per heavy atom. The maximum atomic E-state index is 13.0. The Hall–Kier alpha value is -2.62. The lowest BCUT2D eigenvalue weighted by Gasteiger charge is -2.34. The van der Waals surface area contributed by atoms with Crippen molar-refractivity contribution in [2.45, 2.75) is 19.1 Å². The standard InChI is InChI=1S/C17H15F3N4O2S/c1-22-16-12(24(17(22)26)7-14(25)23-5-11(18)6-23)2-9(4-21-16)13-3-10(8-27-13)15(19)20/h2-4,8,11,15H,5-7H2,1H3. The van der Waals surface area contributed by atoms with E-state index in [0.29, 0.717) is 21.6 Å². The zero-order valence-electron chi connectivity index (χ0n) is 14.2. The Labute approximate surface area is 155 Å². The number of hydrogen-bond acceptors (Lipinski definition) is 4. The number of halogens is 3. The molecule has 1 fully saturated rings. The summed E-state index contributed by atoms with van der Waals surface area (Å²) in [5.74, 6) is -0.347. The van der Waals surface area contributed by atoms with Gasteiger partial charge in [0.1, 0.15) is 12.7 Å². The number of imidazole rings is 1. The van der Waals surface area contributed by atoms with Gasteiger partial charge in [-0.3, -0.25) is 13.9 Å². The molecule has 27 heavy (non-hydrogen) atoms. The number of aromatic nitrogens is 3. The molecule has 1 aliphatic heterocycles. The van der Waals surface area contributed by atoms with Gasteiger partial charge < -0.3 is 4.90 Å². The summed E-state index contributed by atoms with van der Waals surface area (Å²) in [6.45, 7) is -0.151. The number of amides is 1. The van der Waals surface area contributed by atoms with Crippen molar-refractivity contribution >= 4 is 28.4 Å². The molecule has 3 aromatic rings. The second-order valence-corrected chi connectivity index (χ2v) is 7.35. The highest BCUT2D eigenvalue weighted by Gasteiger charge is 2.31. The maximum absolute atomic E-state index is 13.0. The molecule has 0 unspecified atom stereocenters. The lowest BCUT2D eigenvalue weighted by molar-refractivity contribution is -0.138. The highest BCUT2D eigenvalue weighted by atomic mass is 32.1. The number of pyridine rings is 1. The fraction of sp³-hybridized carbons (Fsp3) is 0.353. The molecule has 0 radical (unpaired) electrons. The smallest absolute Gasteiger partial charge is 0.330 e. The average molecular weight is 396 g/mol. The number of likely N-dealkylation sites (tertiary alicyclic amines) is 1. The molecule has 142 valence electrons. The van der Waals surface area contributed by atoms with E-state index >= 15 is 0 Å². The molecule has 0 N–H and O–H groups in total. The van der Waals surface area contributed by atoms with Crippen molar-refractivity contribution in [3.63, 3.8) is 0 Å². The number of thiophene rings is 1. The topological polar surface area (TPSA) is 60.1 Å². The molecule has 0 bridgehead atoms. The van der Waals surface area contributed by atoms with Gasteiger partial charge in [-0.05, 0) is 12.1 Å². The van der Waals surface area contributed by atoms with E-state index < -0.39 is 18.3 Å². The molecule has 4 heterocycles. The highest BCUT2D eigenvalue weighted by molar-refractivity contribution is 7.13. The molecule has 1 saturated heterocycles. The fourth-order valence-corrected chi connectivity index (χ4v) is 3.93. The third-order valence-corrected chi connectivity index (χ3v) is 5.61. The number of fused-ring (bicyclic) bond motifs is 1. The number of rotatable bonds is 4. The maximum Gasteiger partial charge on any atom is 0.330 e. The minimum Gasteiger partial charge on any atom is -0.335 e. The van der Waals surface area contributed by atoms with Crippen molar-refractivity contribution in [1.82, 2.24) is 19.0 Å². The Morgan fingerprint density at radius 1 is 1.37 bits per heavy atom. The molecule has 6 nitrogen and oxygen atoms in total. The average Bonchev–Trinajstić information content (AvgIpc) is 3.19. The van der Waals surface area contributed by atoms with E-state index in [2.05, 4.69) is 4.98 Å². The summed E-state index contributed by atoms with van der Waals surface area (Å²) in [5, 5.41) is 1.38. The van der Waals surface area contributed by atoms with Gasteiger partial charge in [0.2, 0.25) is 5.91 Å². The molecule has 4 rings (SSSR count). The van der Waals surface area contributed by atoms with E-state index in [4.69, 9.17) is 0 Å². The number of carbonyl (C=O) groups excluding carboxylic acids is 1. The second-order valence-electron chi connectivity index (χ2n) is 6.44. The van der Waals surface area contributed by atoms with Crippen LogP contribution in [0.1, 0.15) is 12.0 Å². The summed E-state index contributed by atoms with van der Waals surface area (Å²) < 4.78 is 41.2. The predicted molar refractivity (Wildman–Crippen MR) is 94.7 cm³/mol. The summed E-state index contributed by atoms with van der Waals surface area (Å²) in [6.07, 6.45) is -2.07. The third-order valence-electron chi connectivity index (χ3n) is 4.61. The van der Waals surface area contributed by atoms with E-state index in [1.54, 1.807) is 13.1 Å². The van der Waals surface area contributed by atoms with Crippen LogP contribution in [-0.2, 0) is 18.4 Å². The molecule has 0 aliphatic carbocycles. The Balaban J connectivity index is 1.73. The van der Waals surface area contributed by atoms with Crippen LogP contribution in [0.4, 0.5) is 13.2 Å². The fourth-order valence-electron chi connectivity index (χ4n) is 3.05. The number of nitrogens with zero attached hydrogens (tertiary/aromatic N) is 4. The van der Waals surface area contributed by atoms with Crippen LogP contribution in [0.5, 0.6) is 0 Å². The van der Waals surface area contributed by atoms with E-state index in [1.165, 1.54) is 31.7 Å². The second kappa shape index (κ2) is 6.52. The first-order valence-electron chi connectivity index (χ1n) is 8.19. The van der Waals surface area contributed by atoms with Gasteiger partial charge in [-0.25, -0.2) is 22.9 Å². The van der Waals surface area contributed by atoms with E-state index in [9.17, 15) is 22.8 Å². The van der Waals surface area contributed by atoms with Gasteiger partial charge in [-0.15, -0.1) is 11.3 Å². The molecule has 0 spiro atoms. The Morgan fingerprint density at radius 2 is 2.11 bits per heavy atom. The van der Waals surface area contributed by atoms with E-state index in [0.717, 1.165) is 11.3 Å². The highest BCUT2D eigenvalue weighted by Crippen LogP contribution is 2.32. The molecule has 0 aromatic carbocycles. The Kier molecular flexibility index (Phi) is 4.29. The van der Waals surface area contributed by atoms with Crippen molar-refractivity contribution in [2.75, 3.05) is 13.1 Å². The lowest BCUT2D eigenvalue weighted by Crippen LogP contribution is -2.52. The van der Waals surface area contributed by atoms with Crippen LogP contribution in [0.2, 0.25) is 0 Å². The van der Waals surface area contributed by atoms with Crippen LogP contribution in [-0.4, -0.2) is 44.2 Å².